The van der Waals surface area contributed by atoms with Crippen molar-refractivity contribution in [2.24, 2.45) is 0 Å². The first kappa shape index (κ1) is 14.9. The molecular weight excluding hydrogens is 323 g/mol. The summed E-state index contributed by atoms with van der Waals surface area (Å²) >= 11 is 17.9. The summed E-state index contributed by atoms with van der Waals surface area (Å²) < 4.78 is 4.69. The molecule has 1 N–H and O–H groups in total. The van der Waals surface area contributed by atoms with Gasteiger partial charge in [-0.1, -0.05) is 40.9 Å². The van der Waals surface area contributed by atoms with Crippen molar-refractivity contribution in [1.82, 2.24) is 4.98 Å². The van der Waals surface area contributed by atoms with E-state index in [2.05, 4.69) is 15.0 Å². The number of carbonyl (C=O) groups excluding carboxylic acids is 1. The van der Waals surface area contributed by atoms with Crippen LogP contribution < -0.4 is 5.32 Å². The molecule has 0 aliphatic heterocycles. The molecule has 0 aliphatic rings. The normalized spacial score (nSPS) is 10.2. The Hall–Kier alpha value is -1.49. The Morgan fingerprint density at radius 3 is 2.70 bits per heavy atom. The van der Waals surface area contributed by atoms with Gasteiger partial charge < -0.3 is 10.1 Å². The molecule has 1 aromatic carbocycles. The second kappa shape index (κ2) is 6.31. The molecule has 0 amide bonds. The number of pyridine rings is 1. The Kier molecular flexibility index (Phi) is 4.70. The first-order chi connectivity index (χ1) is 9.52. The lowest BCUT2D eigenvalue weighted by molar-refractivity contribution is 0.0601. The summed E-state index contributed by atoms with van der Waals surface area (Å²) in [7, 11) is 1.27. The van der Waals surface area contributed by atoms with Crippen LogP contribution in [0, 0.1) is 0 Å². The summed E-state index contributed by atoms with van der Waals surface area (Å²) in [4.78, 5) is 15.6. The molecule has 0 saturated carbocycles. The molecule has 1 aromatic heterocycles. The number of nitrogens with one attached hydrogen (secondary N) is 1. The van der Waals surface area contributed by atoms with Crippen LogP contribution in [0.3, 0.4) is 0 Å². The Balaban J connectivity index is 2.48. The SMILES string of the molecule is COC(=O)c1cnc(Cl)c(Cl)c1Nc1cccc(Cl)c1. The van der Waals surface area contributed by atoms with E-state index in [1.54, 1.807) is 24.3 Å². The minimum absolute atomic E-state index is 0.0869. The van der Waals surface area contributed by atoms with Crippen molar-refractivity contribution in [3.8, 4) is 0 Å². The van der Waals surface area contributed by atoms with E-state index in [4.69, 9.17) is 34.8 Å². The molecule has 20 heavy (non-hydrogen) atoms. The maximum Gasteiger partial charge on any atom is 0.341 e. The smallest absolute Gasteiger partial charge is 0.341 e. The fourth-order valence-corrected chi connectivity index (χ4v) is 2.09. The molecule has 104 valence electrons. The summed E-state index contributed by atoms with van der Waals surface area (Å²) in [5.41, 5.74) is 1.16. The largest absolute Gasteiger partial charge is 0.465 e. The second-order valence-corrected chi connectivity index (χ2v) is 4.95. The highest BCUT2D eigenvalue weighted by atomic mass is 35.5. The molecule has 0 atom stereocenters. The van der Waals surface area contributed by atoms with Gasteiger partial charge in [-0.15, -0.1) is 0 Å². The maximum atomic E-state index is 11.7. The van der Waals surface area contributed by atoms with Gasteiger partial charge in [-0.25, -0.2) is 9.78 Å². The lowest BCUT2D eigenvalue weighted by Gasteiger charge is -2.13. The quantitative estimate of drug-likeness (QED) is 0.661. The molecule has 0 aliphatic carbocycles. The number of rotatable bonds is 3. The average Bonchev–Trinajstić information content (AvgIpc) is 2.43. The van der Waals surface area contributed by atoms with Gasteiger partial charge in [0.15, 0.2) is 0 Å². The summed E-state index contributed by atoms with van der Waals surface area (Å²) in [5.74, 6) is -0.569. The lowest BCUT2D eigenvalue weighted by atomic mass is 10.2. The van der Waals surface area contributed by atoms with Gasteiger partial charge >= 0.3 is 5.97 Å². The zero-order chi connectivity index (χ0) is 14.7. The Bertz CT molecular complexity index is 662. The zero-order valence-corrected chi connectivity index (χ0v) is 12.6. The molecule has 7 heteroatoms. The Morgan fingerprint density at radius 1 is 1.30 bits per heavy atom. The summed E-state index contributed by atoms with van der Waals surface area (Å²) in [5, 5.41) is 3.76. The molecule has 1 heterocycles. The van der Waals surface area contributed by atoms with Crippen molar-refractivity contribution in [2.75, 3.05) is 12.4 Å². The van der Waals surface area contributed by atoms with Gasteiger partial charge in [0, 0.05) is 16.9 Å². The molecule has 0 bridgehead atoms. The monoisotopic (exact) mass is 330 g/mol. The van der Waals surface area contributed by atoms with Crippen LogP contribution in [0.15, 0.2) is 30.5 Å². The number of esters is 1. The zero-order valence-electron chi connectivity index (χ0n) is 10.3. The summed E-state index contributed by atoms with van der Waals surface area (Å²) in [6, 6.07) is 6.96. The number of nitrogens with zero attached hydrogens (tertiary/aromatic N) is 1. The molecule has 2 rings (SSSR count). The molecule has 2 aromatic rings. The van der Waals surface area contributed by atoms with Gasteiger partial charge in [-0.3, -0.25) is 0 Å². The fraction of sp³-hybridized carbons (Fsp3) is 0.0769. The summed E-state index contributed by atoms with van der Waals surface area (Å²) in [6.07, 6.45) is 1.30. The second-order valence-electron chi connectivity index (χ2n) is 3.78. The number of benzene rings is 1. The Labute approximate surface area is 130 Å². The van der Waals surface area contributed by atoms with E-state index in [0.29, 0.717) is 16.4 Å². The molecule has 0 unspecified atom stereocenters. The van der Waals surface area contributed by atoms with Crippen LogP contribution in [0.25, 0.3) is 0 Å². The van der Waals surface area contributed by atoms with Gasteiger partial charge in [0.2, 0.25) is 0 Å². The van der Waals surface area contributed by atoms with Gasteiger partial charge in [0.25, 0.3) is 0 Å². The van der Waals surface area contributed by atoms with Gasteiger partial charge in [0.1, 0.15) is 15.7 Å². The predicted molar refractivity (Wildman–Crippen MR) is 80.3 cm³/mol. The highest BCUT2D eigenvalue weighted by Gasteiger charge is 2.18. The van der Waals surface area contributed by atoms with Crippen LogP contribution in [-0.4, -0.2) is 18.1 Å². The summed E-state index contributed by atoms with van der Waals surface area (Å²) in [6.45, 7) is 0. The number of halogens is 3. The third kappa shape index (κ3) is 3.15. The van der Waals surface area contributed by atoms with Crippen LogP contribution in [-0.2, 0) is 4.74 Å². The highest BCUT2D eigenvalue weighted by Crippen LogP contribution is 2.34. The fourth-order valence-electron chi connectivity index (χ4n) is 1.56. The van der Waals surface area contributed by atoms with Gasteiger partial charge in [-0.2, -0.15) is 0 Å². The maximum absolute atomic E-state index is 11.7. The molecular formula is C13H9Cl3N2O2. The number of hydrogen-bond acceptors (Lipinski definition) is 4. The lowest BCUT2D eigenvalue weighted by Crippen LogP contribution is -2.07. The minimum atomic E-state index is -0.569. The van der Waals surface area contributed by atoms with Crippen molar-refractivity contribution in [3.63, 3.8) is 0 Å². The Morgan fingerprint density at radius 2 is 2.05 bits per heavy atom. The standard InChI is InChI=1S/C13H9Cl3N2O2/c1-20-13(19)9-6-17-12(16)10(15)11(9)18-8-4-2-3-7(14)5-8/h2-6H,1H3,(H,17,18). The first-order valence-corrected chi connectivity index (χ1v) is 6.61. The third-order valence-electron chi connectivity index (χ3n) is 2.48. The third-order valence-corrected chi connectivity index (χ3v) is 3.46. The van der Waals surface area contributed by atoms with E-state index < -0.39 is 5.97 Å². The van der Waals surface area contributed by atoms with Crippen LogP contribution >= 0.6 is 34.8 Å². The van der Waals surface area contributed by atoms with Crippen LogP contribution in [0.1, 0.15) is 10.4 Å². The molecule has 0 spiro atoms. The number of ether oxygens (including phenoxy) is 1. The minimum Gasteiger partial charge on any atom is -0.465 e. The van der Waals surface area contributed by atoms with E-state index in [9.17, 15) is 4.79 Å². The molecule has 0 saturated heterocycles. The predicted octanol–water partition coefficient (Wildman–Crippen LogP) is 4.57. The number of aromatic nitrogens is 1. The van der Waals surface area contributed by atoms with E-state index >= 15 is 0 Å². The first-order valence-electron chi connectivity index (χ1n) is 5.48. The van der Waals surface area contributed by atoms with Crippen molar-refractivity contribution in [3.05, 3.63) is 51.2 Å². The molecule has 4 nitrogen and oxygen atoms in total. The van der Waals surface area contributed by atoms with Gasteiger partial charge in [0.05, 0.1) is 12.8 Å². The molecule has 0 fully saturated rings. The van der Waals surface area contributed by atoms with E-state index in [1.165, 1.54) is 13.3 Å². The number of carbonyl (C=O) groups is 1. The van der Waals surface area contributed by atoms with Crippen molar-refractivity contribution in [2.45, 2.75) is 0 Å². The van der Waals surface area contributed by atoms with E-state index in [1.807, 2.05) is 0 Å². The molecule has 0 radical (unpaired) electrons. The van der Waals surface area contributed by atoms with Crippen molar-refractivity contribution in [1.29, 1.82) is 0 Å². The van der Waals surface area contributed by atoms with Crippen LogP contribution in [0.2, 0.25) is 15.2 Å². The van der Waals surface area contributed by atoms with Gasteiger partial charge in [-0.05, 0) is 18.2 Å². The average molecular weight is 332 g/mol. The number of hydrogen-bond donors (Lipinski definition) is 1. The van der Waals surface area contributed by atoms with E-state index in [-0.39, 0.29) is 15.7 Å². The van der Waals surface area contributed by atoms with Crippen LogP contribution in [0.4, 0.5) is 11.4 Å². The van der Waals surface area contributed by atoms with Crippen molar-refractivity contribution >= 4 is 52.1 Å². The number of methoxy groups -OCH3 is 1. The van der Waals surface area contributed by atoms with E-state index in [0.717, 1.165) is 0 Å². The van der Waals surface area contributed by atoms with Crippen molar-refractivity contribution < 1.29 is 9.53 Å². The number of anilines is 2. The topological polar surface area (TPSA) is 51.2 Å². The highest BCUT2D eigenvalue weighted by molar-refractivity contribution is 6.43. The van der Waals surface area contributed by atoms with Crippen LogP contribution in [0.5, 0.6) is 0 Å².